The molecule has 5 nitrogen and oxygen atoms in total. The Morgan fingerprint density at radius 3 is 2.83 bits per heavy atom. The molecule has 2 N–H and O–H groups in total. The van der Waals surface area contributed by atoms with E-state index in [1.165, 1.54) is 4.88 Å². The van der Waals surface area contributed by atoms with Gasteiger partial charge in [-0.25, -0.2) is 4.98 Å². The molecule has 1 aromatic heterocycles. The molecule has 0 fully saturated rings. The molecule has 0 spiro atoms. The van der Waals surface area contributed by atoms with Gasteiger partial charge in [-0.05, 0) is 26.0 Å². The van der Waals surface area contributed by atoms with Crippen LogP contribution in [0, 0.1) is 6.92 Å². The second-order valence-electron chi connectivity index (χ2n) is 5.35. The van der Waals surface area contributed by atoms with Crippen molar-refractivity contribution in [3.63, 3.8) is 0 Å². The lowest BCUT2D eigenvalue weighted by molar-refractivity contribution is 0.224. The summed E-state index contributed by atoms with van der Waals surface area (Å²) in [5.74, 6) is 1.44. The molecule has 0 aliphatic rings. The van der Waals surface area contributed by atoms with Crippen LogP contribution in [-0.2, 0) is 6.42 Å². The minimum absolute atomic E-state index is 0.0370. The second kappa shape index (κ2) is 9.49. The van der Waals surface area contributed by atoms with Gasteiger partial charge in [0, 0.05) is 31.1 Å². The van der Waals surface area contributed by atoms with Crippen LogP contribution in [-0.4, -0.2) is 37.2 Å². The fourth-order valence-electron chi connectivity index (χ4n) is 2.06. The smallest absolute Gasteiger partial charge is 0.191 e. The number of para-hydroxylation sites is 1. The monoisotopic (exact) mass is 366 g/mol. The maximum atomic E-state index is 6.10. The zero-order chi connectivity index (χ0) is 17.4. The van der Waals surface area contributed by atoms with E-state index in [1.54, 1.807) is 18.4 Å². The third-order valence-electron chi connectivity index (χ3n) is 3.25. The lowest BCUT2D eigenvalue weighted by Gasteiger charge is -2.18. The summed E-state index contributed by atoms with van der Waals surface area (Å²) in [6.45, 7) is 5.46. The Labute approximate surface area is 152 Å². The molecule has 2 rings (SSSR count). The Morgan fingerprint density at radius 1 is 1.38 bits per heavy atom. The predicted molar refractivity (Wildman–Crippen MR) is 101 cm³/mol. The van der Waals surface area contributed by atoms with Gasteiger partial charge >= 0.3 is 0 Å². The van der Waals surface area contributed by atoms with Crippen LogP contribution < -0.4 is 15.4 Å². The highest BCUT2D eigenvalue weighted by molar-refractivity contribution is 7.11. The zero-order valence-electron chi connectivity index (χ0n) is 14.2. The maximum absolute atomic E-state index is 6.10. The number of nitrogens with one attached hydrogen (secondary N) is 2. The fourth-order valence-corrected chi connectivity index (χ4v) is 3.03. The molecular formula is C17H23ClN4OS. The number of aliphatic imine (C=N–C) groups is 1. The van der Waals surface area contributed by atoms with Crippen molar-refractivity contribution in [2.45, 2.75) is 26.4 Å². The van der Waals surface area contributed by atoms with Crippen LogP contribution in [0.4, 0.5) is 0 Å². The molecule has 2 aromatic rings. The normalized spacial score (nSPS) is 12.8. The highest BCUT2D eigenvalue weighted by Crippen LogP contribution is 2.23. The standard InChI is InChI=1S/C17H23ClN4OS/c1-12(23-15-7-5-4-6-14(15)18)10-22-17(19-3)20-9-8-16-21-11-13(2)24-16/h4-7,11-12H,8-10H2,1-3H3,(H2,19,20,22). The molecule has 1 heterocycles. The first-order valence-corrected chi connectivity index (χ1v) is 9.05. The molecular weight excluding hydrogens is 344 g/mol. The van der Waals surface area contributed by atoms with E-state index in [0.717, 1.165) is 23.9 Å². The number of benzene rings is 1. The average Bonchev–Trinajstić information content (AvgIpc) is 2.98. The van der Waals surface area contributed by atoms with Crippen molar-refractivity contribution in [1.29, 1.82) is 0 Å². The van der Waals surface area contributed by atoms with Crippen LogP contribution in [0.5, 0.6) is 5.75 Å². The largest absolute Gasteiger partial charge is 0.487 e. The molecule has 7 heteroatoms. The van der Waals surface area contributed by atoms with Gasteiger partial charge in [-0.3, -0.25) is 4.99 Å². The number of thiazole rings is 1. The van der Waals surface area contributed by atoms with Crippen LogP contribution in [0.3, 0.4) is 0 Å². The molecule has 1 unspecified atom stereocenters. The number of hydrogen-bond donors (Lipinski definition) is 2. The number of nitrogens with zero attached hydrogens (tertiary/aromatic N) is 2. The minimum Gasteiger partial charge on any atom is -0.487 e. The van der Waals surface area contributed by atoms with Crippen molar-refractivity contribution >= 4 is 28.9 Å². The molecule has 0 saturated carbocycles. The second-order valence-corrected chi connectivity index (χ2v) is 7.08. The Hall–Kier alpha value is -1.79. The van der Waals surface area contributed by atoms with Gasteiger partial charge in [0.15, 0.2) is 5.96 Å². The van der Waals surface area contributed by atoms with Crippen molar-refractivity contribution < 1.29 is 4.74 Å². The Kier molecular flexibility index (Phi) is 7.34. The average molecular weight is 367 g/mol. The quantitative estimate of drug-likeness (QED) is 0.583. The van der Waals surface area contributed by atoms with Gasteiger partial charge in [0.05, 0.1) is 16.6 Å². The highest BCUT2D eigenvalue weighted by Gasteiger charge is 2.08. The van der Waals surface area contributed by atoms with Gasteiger partial charge in [-0.15, -0.1) is 11.3 Å². The lowest BCUT2D eigenvalue weighted by atomic mass is 10.3. The molecule has 130 valence electrons. The van der Waals surface area contributed by atoms with E-state index in [2.05, 4.69) is 27.5 Å². The van der Waals surface area contributed by atoms with E-state index < -0.39 is 0 Å². The molecule has 24 heavy (non-hydrogen) atoms. The molecule has 0 aliphatic carbocycles. The van der Waals surface area contributed by atoms with E-state index in [9.17, 15) is 0 Å². The maximum Gasteiger partial charge on any atom is 0.191 e. The molecule has 0 aliphatic heterocycles. The topological polar surface area (TPSA) is 58.5 Å². The van der Waals surface area contributed by atoms with Crippen molar-refractivity contribution in [2.24, 2.45) is 4.99 Å². The molecule has 0 amide bonds. The molecule has 1 atom stereocenters. The molecule has 1 aromatic carbocycles. The van der Waals surface area contributed by atoms with Gasteiger partial charge in [0.25, 0.3) is 0 Å². The summed E-state index contributed by atoms with van der Waals surface area (Å²) in [5, 5.41) is 8.28. The van der Waals surface area contributed by atoms with Crippen LogP contribution in [0.1, 0.15) is 16.8 Å². The first-order chi connectivity index (χ1) is 11.6. The summed E-state index contributed by atoms with van der Waals surface area (Å²) < 4.78 is 5.83. The molecule has 0 saturated heterocycles. The molecule has 0 bridgehead atoms. The summed E-state index contributed by atoms with van der Waals surface area (Å²) in [7, 11) is 1.75. The number of guanidine groups is 1. The predicted octanol–water partition coefficient (Wildman–Crippen LogP) is 3.28. The van der Waals surface area contributed by atoms with Gasteiger partial charge < -0.3 is 15.4 Å². The summed E-state index contributed by atoms with van der Waals surface area (Å²) in [4.78, 5) is 9.80. The van der Waals surface area contributed by atoms with Gasteiger partial charge in [-0.2, -0.15) is 0 Å². The van der Waals surface area contributed by atoms with Crippen LogP contribution in [0.2, 0.25) is 5.02 Å². The fraction of sp³-hybridized carbons (Fsp3) is 0.412. The molecule has 0 radical (unpaired) electrons. The minimum atomic E-state index is -0.0370. The van der Waals surface area contributed by atoms with Gasteiger partial charge in [0.1, 0.15) is 11.9 Å². The van der Waals surface area contributed by atoms with Crippen molar-refractivity contribution in [1.82, 2.24) is 15.6 Å². The summed E-state index contributed by atoms with van der Waals surface area (Å²) in [6, 6.07) is 7.47. The van der Waals surface area contributed by atoms with Crippen LogP contribution in [0.15, 0.2) is 35.5 Å². The van der Waals surface area contributed by atoms with E-state index in [1.807, 2.05) is 37.4 Å². The number of halogens is 1. The third kappa shape index (κ3) is 6.02. The summed E-state index contributed by atoms with van der Waals surface area (Å²) >= 11 is 7.82. The first-order valence-electron chi connectivity index (χ1n) is 7.85. The Bertz CT molecular complexity index is 674. The lowest BCUT2D eigenvalue weighted by Crippen LogP contribution is -2.42. The zero-order valence-corrected chi connectivity index (χ0v) is 15.7. The number of rotatable bonds is 7. The number of hydrogen-bond acceptors (Lipinski definition) is 4. The number of ether oxygens (including phenoxy) is 1. The number of aromatic nitrogens is 1. The first kappa shape index (κ1) is 18.5. The van der Waals surface area contributed by atoms with Crippen molar-refractivity contribution in [3.05, 3.63) is 45.4 Å². The highest BCUT2D eigenvalue weighted by atomic mass is 35.5. The van der Waals surface area contributed by atoms with Crippen LogP contribution in [0.25, 0.3) is 0 Å². The van der Waals surface area contributed by atoms with Gasteiger partial charge in [-0.1, -0.05) is 23.7 Å². The summed E-state index contributed by atoms with van der Waals surface area (Å²) in [6.07, 6.45) is 2.75. The third-order valence-corrected chi connectivity index (χ3v) is 4.53. The van der Waals surface area contributed by atoms with Crippen LogP contribution >= 0.6 is 22.9 Å². The van der Waals surface area contributed by atoms with Crippen molar-refractivity contribution in [3.8, 4) is 5.75 Å². The van der Waals surface area contributed by atoms with E-state index in [-0.39, 0.29) is 6.10 Å². The Morgan fingerprint density at radius 2 is 2.17 bits per heavy atom. The van der Waals surface area contributed by atoms with E-state index >= 15 is 0 Å². The van der Waals surface area contributed by atoms with Gasteiger partial charge in [0.2, 0.25) is 0 Å². The summed E-state index contributed by atoms with van der Waals surface area (Å²) in [5.41, 5.74) is 0. The SMILES string of the molecule is CN=C(NCCc1ncc(C)s1)NCC(C)Oc1ccccc1Cl. The van der Waals surface area contributed by atoms with E-state index in [4.69, 9.17) is 16.3 Å². The van der Waals surface area contributed by atoms with Crippen molar-refractivity contribution in [2.75, 3.05) is 20.1 Å². The Balaban J connectivity index is 1.71. The number of aryl methyl sites for hydroxylation is 1. The van der Waals surface area contributed by atoms with E-state index in [0.29, 0.717) is 17.3 Å².